The molecule has 1 rings (SSSR count). The van der Waals surface area contributed by atoms with Crippen LogP contribution in [0.25, 0.3) is 0 Å². The molecule has 0 aliphatic carbocycles. The maximum atomic E-state index is 12.7. The summed E-state index contributed by atoms with van der Waals surface area (Å²) in [5.74, 6) is 4.73. The molecular formula is C16H27N7O3. The van der Waals surface area contributed by atoms with Gasteiger partial charge in [-0.15, -0.1) is 0 Å². The molecule has 0 spiro atoms. The molecule has 0 aliphatic heterocycles. The SMILES string of the molecule is CC=Nc1ccc(OC)c(C(=O)N[C@H](C(=O)CNNNNN)C(C)C)c1. The summed E-state index contributed by atoms with van der Waals surface area (Å²) in [7, 11) is 1.48. The molecule has 0 aliphatic rings. The van der Waals surface area contributed by atoms with Gasteiger partial charge in [-0.3, -0.25) is 20.4 Å². The van der Waals surface area contributed by atoms with Crippen molar-refractivity contribution in [3.63, 3.8) is 0 Å². The predicted molar refractivity (Wildman–Crippen MR) is 99.5 cm³/mol. The molecule has 10 nitrogen and oxygen atoms in total. The van der Waals surface area contributed by atoms with Crippen molar-refractivity contribution in [2.45, 2.75) is 26.8 Å². The van der Waals surface area contributed by atoms with Crippen LogP contribution in [0.5, 0.6) is 5.75 Å². The second-order valence-electron chi connectivity index (χ2n) is 5.68. The number of rotatable bonds is 11. The lowest BCUT2D eigenvalue weighted by Crippen LogP contribution is -2.56. The third-order valence-corrected chi connectivity index (χ3v) is 3.49. The number of aliphatic imine (C=N–C) groups is 1. The summed E-state index contributed by atoms with van der Waals surface area (Å²) in [4.78, 5) is 29.3. The first kappa shape index (κ1) is 21.7. The molecule has 0 saturated heterocycles. The van der Waals surface area contributed by atoms with Gasteiger partial charge in [-0.25, -0.2) is 5.43 Å². The van der Waals surface area contributed by atoms with Gasteiger partial charge in [0, 0.05) is 6.21 Å². The van der Waals surface area contributed by atoms with E-state index >= 15 is 0 Å². The van der Waals surface area contributed by atoms with Gasteiger partial charge in [0.15, 0.2) is 5.78 Å². The molecule has 1 aromatic carbocycles. The number of hydrogen-bond donors (Lipinski definition) is 6. The number of hydrogen-bond acceptors (Lipinski definition) is 9. The zero-order valence-electron chi connectivity index (χ0n) is 15.4. The van der Waals surface area contributed by atoms with Gasteiger partial charge in [0.05, 0.1) is 30.9 Å². The topological polar surface area (TPSA) is 142 Å². The fourth-order valence-corrected chi connectivity index (χ4v) is 2.26. The molecule has 0 radical (unpaired) electrons. The summed E-state index contributed by atoms with van der Waals surface area (Å²) in [5, 5.41) is 2.77. The maximum absolute atomic E-state index is 12.7. The van der Waals surface area contributed by atoms with E-state index in [9.17, 15) is 9.59 Å². The van der Waals surface area contributed by atoms with E-state index in [1.54, 1.807) is 31.3 Å². The lowest BCUT2D eigenvalue weighted by molar-refractivity contribution is -0.121. The van der Waals surface area contributed by atoms with Crippen LogP contribution in [0.3, 0.4) is 0 Å². The molecule has 0 unspecified atom stereocenters. The van der Waals surface area contributed by atoms with Crippen LogP contribution in [-0.4, -0.2) is 37.6 Å². The Balaban J connectivity index is 2.90. The van der Waals surface area contributed by atoms with Crippen molar-refractivity contribution in [3.8, 4) is 5.75 Å². The van der Waals surface area contributed by atoms with Crippen molar-refractivity contribution in [1.82, 2.24) is 27.3 Å². The molecule has 144 valence electrons. The van der Waals surface area contributed by atoms with Crippen LogP contribution in [0.15, 0.2) is 23.2 Å². The highest BCUT2D eigenvalue weighted by molar-refractivity contribution is 6.01. The molecule has 7 N–H and O–H groups in total. The molecule has 0 fully saturated rings. The Morgan fingerprint density at radius 2 is 2.04 bits per heavy atom. The molecule has 10 heteroatoms. The van der Waals surface area contributed by atoms with Gasteiger partial charge in [-0.05, 0) is 31.0 Å². The molecule has 0 saturated carbocycles. The van der Waals surface area contributed by atoms with E-state index in [-0.39, 0.29) is 18.2 Å². The lowest BCUT2D eigenvalue weighted by atomic mass is 9.99. The second-order valence-corrected chi connectivity index (χ2v) is 5.68. The Labute approximate surface area is 152 Å². The minimum atomic E-state index is -0.675. The molecule has 0 heterocycles. The van der Waals surface area contributed by atoms with Gasteiger partial charge in [0.2, 0.25) is 0 Å². The van der Waals surface area contributed by atoms with Crippen LogP contribution in [0.4, 0.5) is 5.69 Å². The van der Waals surface area contributed by atoms with E-state index in [1.807, 2.05) is 13.8 Å². The molecule has 1 atom stereocenters. The average Bonchev–Trinajstić information content (AvgIpc) is 2.62. The van der Waals surface area contributed by atoms with E-state index in [0.717, 1.165) is 0 Å². The fourth-order valence-electron chi connectivity index (χ4n) is 2.26. The van der Waals surface area contributed by atoms with Gasteiger partial charge in [-0.2, -0.15) is 16.6 Å². The minimum absolute atomic E-state index is 0.0187. The summed E-state index contributed by atoms with van der Waals surface area (Å²) in [6.07, 6.45) is 1.63. The molecule has 26 heavy (non-hydrogen) atoms. The van der Waals surface area contributed by atoms with Gasteiger partial charge in [-0.1, -0.05) is 13.8 Å². The quantitative estimate of drug-likeness (QED) is 0.136. The van der Waals surface area contributed by atoms with E-state index in [4.69, 9.17) is 10.6 Å². The standard InChI is InChI=1S/C16H27N7O3/c1-5-18-11-6-7-14(26-4)12(8-11)16(25)20-15(10(2)3)13(24)9-19-22-23-21-17/h5-8,10,15,19,21-23H,9,17H2,1-4H3,(H,20,25)/t15-/m0/s1. The summed E-state index contributed by atoms with van der Waals surface area (Å²) >= 11 is 0. The number of nitrogens with two attached hydrogens (primary N) is 1. The van der Waals surface area contributed by atoms with E-state index in [0.29, 0.717) is 17.0 Å². The Kier molecular flexibility index (Phi) is 9.41. The van der Waals surface area contributed by atoms with Gasteiger partial charge >= 0.3 is 0 Å². The zero-order chi connectivity index (χ0) is 19.5. The minimum Gasteiger partial charge on any atom is -0.496 e. The molecule has 1 aromatic rings. The molecule has 1 amide bonds. The number of hydrazine groups is 4. The van der Waals surface area contributed by atoms with E-state index < -0.39 is 11.9 Å². The molecule has 0 aromatic heterocycles. The number of Topliss-reactive ketones (excluding diaryl/α,β-unsaturated/α-hetero) is 1. The Hall–Kier alpha value is -2.37. The third-order valence-electron chi connectivity index (χ3n) is 3.49. The van der Waals surface area contributed by atoms with Crippen LogP contribution in [0.1, 0.15) is 31.1 Å². The van der Waals surface area contributed by atoms with Gasteiger partial charge < -0.3 is 10.1 Å². The summed E-state index contributed by atoms with van der Waals surface area (Å²) in [6, 6.07) is 4.35. The first-order chi connectivity index (χ1) is 12.4. The maximum Gasteiger partial charge on any atom is 0.255 e. The van der Waals surface area contributed by atoms with Gasteiger partial charge in [0.25, 0.3) is 5.91 Å². The van der Waals surface area contributed by atoms with Gasteiger partial charge in [0.1, 0.15) is 5.75 Å². The monoisotopic (exact) mass is 365 g/mol. The highest BCUT2D eigenvalue weighted by Gasteiger charge is 2.25. The van der Waals surface area contributed by atoms with Crippen molar-refractivity contribution >= 4 is 23.6 Å². The number of amides is 1. The number of carbonyl (C=O) groups is 2. The summed E-state index contributed by atoms with van der Waals surface area (Å²) < 4.78 is 5.25. The highest BCUT2D eigenvalue weighted by atomic mass is 16.5. The summed E-state index contributed by atoms with van der Waals surface area (Å²) in [5.41, 5.74) is 10.6. The van der Waals surface area contributed by atoms with E-state index in [1.165, 1.54) is 7.11 Å². The third kappa shape index (κ3) is 6.50. The fraction of sp³-hybridized carbons (Fsp3) is 0.438. The zero-order valence-corrected chi connectivity index (χ0v) is 15.4. The highest BCUT2D eigenvalue weighted by Crippen LogP contribution is 2.24. The number of nitrogens with one attached hydrogen (secondary N) is 5. The Morgan fingerprint density at radius 3 is 2.62 bits per heavy atom. The second kappa shape index (κ2) is 11.3. The first-order valence-corrected chi connectivity index (χ1v) is 8.13. The number of benzene rings is 1. The van der Waals surface area contributed by atoms with Crippen molar-refractivity contribution in [2.75, 3.05) is 13.7 Å². The smallest absolute Gasteiger partial charge is 0.255 e. The van der Waals surface area contributed by atoms with Crippen LogP contribution < -0.4 is 37.9 Å². The van der Waals surface area contributed by atoms with Crippen LogP contribution in [-0.2, 0) is 4.79 Å². The Morgan fingerprint density at radius 1 is 1.31 bits per heavy atom. The van der Waals surface area contributed by atoms with Crippen LogP contribution >= 0.6 is 0 Å². The first-order valence-electron chi connectivity index (χ1n) is 8.13. The largest absolute Gasteiger partial charge is 0.496 e. The van der Waals surface area contributed by atoms with E-state index in [2.05, 4.69) is 32.3 Å². The molecule has 0 bridgehead atoms. The predicted octanol–water partition coefficient (Wildman–Crippen LogP) is -0.282. The Bertz CT molecular complexity index is 634. The van der Waals surface area contributed by atoms with Crippen molar-refractivity contribution in [3.05, 3.63) is 23.8 Å². The number of ketones is 1. The summed E-state index contributed by atoms with van der Waals surface area (Å²) in [6.45, 7) is 5.47. The van der Waals surface area contributed by atoms with Crippen LogP contribution in [0.2, 0.25) is 0 Å². The van der Waals surface area contributed by atoms with Crippen molar-refractivity contribution < 1.29 is 14.3 Å². The lowest BCUT2D eigenvalue weighted by Gasteiger charge is -2.22. The number of methoxy groups -OCH3 is 1. The normalized spacial score (nSPS) is 12.4. The molecular weight excluding hydrogens is 338 g/mol. The van der Waals surface area contributed by atoms with Crippen molar-refractivity contribution in [2.24, 2.45) is 16.8 Å². The van der Waals surface area contributed by atoms with Crippen LogP contribution in [0, 0.1) is 5.92 Å². The van der Waals surface area contributed by atoms with Crippen molar-refractivity contribution in [1.29, 1.82) is 0 Å². The number of carbonyl (C=O) groups excluding carboxylic acids is 2. The average molecular weight is 365 g/mol. The number of ether oxygens (including phenoxy) is 1. The number of nitrogens with zero attached hydrogens (tertiary/aromatic N) is 1.